The lowest BCUT2D eigenvalue weighted by molar-refractivity contribution is -0.137. The highest BCUT2D eigenvalue weighted by molar-refractivity contribution is 5.68. The molecule has 2 rings (SSSR count). The number of carbonyl (C=O) groups excluding carboxylic acids is 1. The van der Waals surface area contributed by atoms with Crippen molar-refractivity contribution in [2.45, 2.75) is 63.5 Å². The summed E-state index contributed by atoms with van der Waals surface area (Å²) in [5.74, 6) is -0.789. The Morgan fingerprint density at radius 1 is 1.13 bits per heavy atom. The number of nitrogens with one attached hydrogen (secondary N) is 1. The lowest BCUT2D eigenvalue weighted by Gasteiger charge is -2.37. The maximum atomic E-state index is 12.1. The molecule has 0 heterocycles. The number of carboxylic acid groups (broad SMARTS) is 1. The molecule has 5 heteroatoms. The highest BCUT2D eigenvalue weighted by atomic mass is 16.5. The highest BCUT2D eigenvalue weighted by Crippen LogP contribution is 2.32. The fourth-order valence-electron chi connectivity index (χ4n) is 3.22. The summed E-state index contributed by atoms with van der Waals surface area (Å²) in [6.07, 6.45) is 6.09. The monoisotopic (exact) mass is 319 g/mol. The average Bonchev–Trinajstić information content (AvgIpc) is 2.54. The predicted octanol–water partition coefficient (Wildman–Crippen LogP) is 3.87. The van der Waals surface area contributed by atoms with Crippen molar-refractivity contribution < 1.29 is 19.4 Å². The van der Waals surface area contributed by atoms with Gasteiger partial charge in [-0.25, -0.2) is 4.79 Å². The maximum Gasteiger partial charge on any atom is 0.407 e. The summed E-state index contributed by atoms with van der Waals surface area (Å²) in [6.45, 7) is 0.248. The Kier molecular flexibility index (Phi) is 6.44. The van der Waals surface area contributed by atoms with E-state index in [1.54, 1.807) is 0 Å². The van der Waals surface area contributed by atoms with Gasteiger partial charge in [-0.05, 0) is 31.2 Å². The Morgan fingerprint density at radius 2 is 1.83 bits per heavy atom. The number of benzene rings is 1. The van der Waals surface area contributed by atoms with Crippen LogP contribution in [-0.2, 0) is 16.1 Å². The molecular formula is C18H25NO4. The summed E-state index contributed by atoms with van der Waals surface area (Å²) in [6, 6.07) is 9.56. The molecule has 5 nitrogen and oxygen atoms in total. The zero-order valence-corrected chi connectivity index (χ0v) is 13.4. The molecule has 0 bridgehead atoms. The van der Waals surface area contributed by atoms with Gasteiger partial charge in [0.15, 0.2) is 0 Å². The molecule has 0 spiro atoms. The number of rotatable bonds is 7. The zero-order chi connectivity index (χ0) is 16.5. The van der Waals surface area contributed by atoms with Gasteiger partial charge in [-0.1, -0.05) is 49.6 Å². The van der Waals surface area contributed by atoms with Gasteiger partial charge < -0.3 is 15.2 Å². The third-order valence-electron chi connectivity index (χ3n) is 4.44. The summed E-state index contributed by atoms with van der Waals surface area (Å²) in [4.78, 5) is 22.9. The van der Waals surface area contributed by atoms with Crippen LogP contribution >= 0.6 is 0 Å². The number of ether oxygens (including phenoxy) is 1. The molecule has 0 aromatic heterocycles. The van der Waals surface area contributed by atoms with E-state index in [0.717, 1.165) is 31.2 Å². The fraction of sp³-hybridized carbons (Fsp3) is 0.556. The second-order valence-electron chi connectivity index (χ2n) is 6.28. The first-order valence-corrected chi connectivity index (χ1v) is 8.30. The van der Waals surface area contributed by atoms with Crippen molar-refractivity contribution in [1.82, 2.24) is 5.32 Å². The van der Waals surface area contributed by atoms with Crippen molar-refractivity contribution in [3.05, 3.63) is 35.9 Å². The Balaban J connectivity index is 1.86. The van der Waals surface area contributed by atoms with Gasteiger partial charge in [0.1, 0.15) is 6.61 Å². The molecule has 1 aromatic rings. The van der Waals surface area contributed by atoms with E-state index in [-0.39, 0.29) is 18.6 Å². The zero-order valence-electron chi connectivity index (χ0n) is 13.4. The van der Waals surface area contributed by atoms with Gasteiger partial charge in [-0.2, -0.15) is 0 Å². The minimum atomic E-state index is -0.789. The normalized spacial score (nSPS) is 16.5. The maximum absolute atomic E-state index is 12.1. The number of carboxylic acids is 1. The SMILES string of the molecule is O=C(O)CCCC1(NC(=O)OCc2ccccc2)CCCCC1. The van der Waals surface area contributed by atoms with Crippen molar-refractivity contribution in [2.24, 2.45) is 0 Å². The average molecular weight is 319 g/mol. The second-order valence-corrected chi connectivity index (χ2v) is 6.28. The Hall–Kier alpha value is -2.04. The van der Waals surface area contributed by atoms with E-state index in [0.29, 0.717) is 12.8 Å². The van der Waals surface area contributed by atoms with Crippen molar-refractivity contribution in [2.75, 3.05) is 0 Å². The van der Waals surface area contributed by atoms with E-state index in [1.807, 2.05) is 30.3 Å². The van der Waals surface area contributed by atoms with Gasteiger partial charge in [-0.3, -0.25) is 4.79 Å². The molecule has 0 atom stereocenters. The summed E-state index contributed by atoms with van der Waals surface area (Å²) >= 11 is 0. The standard InChI is InChI=1S/C18H25NO4/c20-16(21)10-7-13-18(11-5-2-6-12-18)19-17(22)23-14-15-8-3-1-4-9-15/h1,3-4,8-9H,2,5-7,10-14H2,(H,19,22)(H,20,21). The number of hydrogen-bond donors (Lipinski definition) is 2. The van der Waals surface area contributed by atoms with Gasteiger partial charge in [0.25, 0.3) is 0 Å². The Morgan fingerprint density at radius 3 is 2.48 bits per heavy atom. The molecule has 1 aliphatic carbocycles. The first-order valence-electron chi connectivity index (χ1n) is 8.30. The Labute approximate surface area is 137 Å². The quantitative estimate of drug-likeness (QED) is 0.800. The molecule has 1 aliphatic rings. The first kappa shape index (κ1) is 17.3. The van der Waals surface area contributed by atoms with Crippen LogP contribution in [0.25, 0.3) is 0 Å². The first-order chi connectivity index (χ1) is 11.1. The van der Waals surface area contributed by atoms with Crippen LogP contribution in [0.3, 0.4) is 0 Å². The van der Waals surface area contributed by atoms with Crippen LogP contribution in [0.1, 0.15) is 56.9 Å². The molecule has 1 saturated carbocycles. The molecule has 2 N–H and O–H groups in total. The third kappa shape index (κ3) is 5.93. The molecule has 0 aliphatic heterocycles. The number of aliphatic carboxylic acids is 1. The molecule has 0 saturated heterocycles. The summed E-state index contributed by atoms with van der Waals surface area (Å²) in [7, 11) is 0. The molecule has 1 amide bonds. The van der Waals surface area contributed by atoms with Gasteiger partial charge >= 0.3 is 12.1 Å². The van der Waals surface area contributed by atoms with Crippen molar-refractivity contribution >= 4 is 12.1 Å². The van der Waals surface area contributed by atoms with Gasteiger partial charge in [-0.15, -0.1) is 0 Å². The summed E-state index contributed by atoms with van der Waals surface area (Å²) in [5.41, 5.74) is 0.646. The van der Waals surface area contributed by atoms with Crippen LogP contribution in [0, 0.1) is 0 Å². The van der Waals surface area contributed by atoms with Crippen LogP contribution in [0.5, 0.6) is 0 Å². The van der Waals surface area contributed by atoms with E-state index >= 15 is 0 Å². The molecule has 126 valence electrons. The number of hydrogen-bond acceptors (Lipinski definition) is 3. The highest BCUT2D eigenvalue weighted by Gasteiger charge is 2.33. The molecule has 23 heavy (non-hydrogen) atoms. The van der Waals surface area contributed by atoms with Crippen LogP contribution in [0.4, 0.5) is 4.79 Å². The minimum absolute atomic E-state index is 0.141. The lowest BCUT2D eigenvalue weighted by Crippen LogP contribution is -2.49. The van der Waals surface area contributed by atoms with E-state index in [4.69, 9.17) is 9.84 Å². The van der Waals surface area contributed by atoms with Gasteiger partial charge in [0.05, 0.1) is 0 Å². The minimum Gasteiger partial charge on any atom is -0.481 e. The molecule has 0 unspecified atom stereocenters. The predicted molar refractivity (Wildman–Crippen MR) is 87.1 cm³/mol. The van der Waals surface area contributed by atoms with E-state index in [1.165, 1.54) is 6.42 Å². The van der Waals surface area contributed by atoms with Crippen LogP contribution in [0.15, 0.2) is 30.3 Å². The van der Waals surface area contributed by atoms with Crippen molar-refractivity contribution in [1.29, 1.82) is 0 Å². The molecular weight excluding hydrogens is 294 g/mol. The summed E-state index contributed by atoms with van der Waals surface area (Å²) < 4.78 is 5.32. The smallest absolute Gasteiger partial charge is 0.407 e. The number of amides is 1. The topological polar surface area (TPSA) is 75.6 Å². The van der Waals surface area contributed by atoms with Crippen molar-refractivity contribution in [3.8, 4) is 0 Å². The second kappa shape index (κ2) is 8.56. The summed E-state index contributed by atoms with van der Waals surface area (Å²) in [5, 5.41) is 11.8. The largest absolute Gasteiger partial charge is 0.481 e. The van der Waals surface area contributed by atoms with Crippen LogP contribution < -0.4 is 5.32 Å². The van der Waals surface area contributed by atoms with Crippen molar-refractivity contribution in [3.63, 3.8) is 0 Å². The van der Waals surface area contributed by atoms with E-state index < -0.39 is 12.1 Å². The molecule has 1 fully saturated rings. The lowest BCUT2D eigenvalue weighted by atomic mass is 9.78. The fourth-order valence-corrected chi connectivity index (χ4v) is 3.22. The number of alkyl carbamates (subject to hydrolysis) is 1. The van der Waals surface area contributed by atoms with Gasteiger partial charge in [0.2, 0.25) is 0 Å². The number of carbonyl (C=O) groups is 2. The van der Waals surface area contributed by atoms with E-state index in [9.17, 15) is 9.59 Å². The van der Waals surface area contributed by atoms with Gasteiger partial charge in [0, 0.05) is 12.0 Å². The molecule has 1 aromatic carbocycles. The molecule has 0 radical (unpaired) electrons. The van der Waals surface area contributed by atoms with E-state index in [2.05, 4.69) is 5.32 Å². The Bertz CT molecular complexity index is 509. The third-order valence-corrected chi connectivity index (χ3v) is 4.44. The van der Waals surface area contributed by atoms with Crippen LogP contribution in [0.2, 0.25) is 0 Å². The van der Waals surface area contributed by atoms with Crippen LogP contribution in [-0.4, -0.2) is 22.7 Å².